The Hall–Kier alpha value is -4.30. The summed E-state index contributed by atoms with van der Waals surface area (Å²) < 4.78 is 12.0. The fourth-order valence-electron chi connectivity index (χ4n) is 3.65. The van der Waals surface area contributed by atoms with Gasteiger partial charge in [0.1, 0.15) is 23.0 Å². The van der Waals surface area contributed by atoms with Gasteiger partial charge in [-0.1, -0.05) is 84.9 Å². The Labute approximate surface area is 188 Å². The molecule has 0 fully saturated rings. The molecule has 2 heteroatoms. The molecule has 32 heavy (non-hydrogen) atoms. The van der Waals surface area contributed by atoms with E-state index in [1.54, 1.807) is 0 Å². The van der Waals surface area contributed by atoms with E-state index in [0.717, 1.165) is 45.3 Å². The Bertz CT molecular complexity index is 1280. The maximum Gasteiger partial charge on any atom is 0.128 e. The van der Waals surface area contributed by atoms with Crippen LogP contribution in [0, 0.1) is 0 Å². The number of ether oxygens (including phenoxy) is 2. The summed E-state index contributed by atoms with van der Waals surface area (Å²) in [6.07, 6.45) is 0. The molecule has 0 saturated heterocycles. The zero-order valence-electron chi connectivity index (χ0n) is 17.5. The summed E-state index contributed by atoms with van der Waals surface area (Å²) in [4.78, 5) is 0. The van der Waals surface area contributed by atoms with Crippen LogP contribution in [0.15, 0.2) is 133 Å². The highest BCUT2D eigenvalue weighted by molar-refractivity contribution is 5.84. The highest BCUT2D eigenvalue weighted by atomic mass is 16.5. The molecule has 0 unspecified atom stereocenters. The van der Waals surface area contributed by atoms with Gasteiger partial charge in [-0.3, -0.25) is 0 Å². The van der Waals surface area contributed by atoms with Crippen molar-refractivity contribution >= 4 is 0 Å². The molecule has 0 N–H and O–H groups in total. The summed E-state index contributed by atoms with van der Waals surface area (Å²) in [6, 6.07) is 44.5. The van der Waals surface area contributed by atoms with E-state index in [-0.39, 0.29) is 0 Å². The quantitative estimate of drug-likeness (QED) is 0.277. The van der Waals surface area contributed by atoms with Crippen LogP contribution < -0.4 is 9.47 Å². The van der Waals surface area contributed by atoms with Crippen molar-refractivity contribution in [3.63, 3.8) is 0 Å². The lowest BCUT2D eigenvalue weighted by molar-refractivity contribution is 0.482. The standard InChI is InChI=1S/C30H22O2/c1-4-10-23(11-5-1)30-22-28(32-26-14-8-3-9-15-26)20-21-29(30)24-16-18-27(19-17-24)31-25-12-6-2-7-13-25/h1-22H. The second-order valence-electron chi connectivity index (χ2n) is 7.43. The summed E-state index contributed by atoms with van der Waals surface area (Å²) in [6.45, 7) is 0. The second-order valence-corrected chi connectivity index (χ2v) is 7.43. The highest BCUT2D eigenvalue weighted by Crippen LogP contribution is 2.37. The van der Waals surface area contributed by atoms with Gasteiger partial charge in [0.05, 0.1) is 0 Å². The maximum absolute atomic E-state index is 6.10. The summed E-state index contributed by atoms with van der Waals surface area (Å²) >= 11 is 0. The van der Waals surface area contributed by atoms with Crippen LogP contribution in [-0.2, 0) is 0 Å². The first kappa shape index (κ1) is 19.7. The van der Waals surface area contributed by atoms with Gasteiger partial charge in [-0.2, -0.15) is 0 Å². The molecule has 0 aliphatic heterocycles. The molecular formula is C30H22O2. The Morgan fingerprint density at radius 2 is 0.750 bits per heavy atom. The average molecular weight is 415 g/mol. The van der Waals surface area contributed by atoms with Crippen molar-refractivity contribution in [1.82, 2.24) is 0 Å². The number of rotatable bonds is 6. The van der Waals surface area contributed by atoms with Crippen LogP contribution in [0.1, 0.15) is 0 Å². The predicted octanol–water partition coefficient (Wildman–Crippen LogP) is 8.61. The van der Waals surface area contributed by atoms with E-state index >= 15 is 0 Å². The number of hydrogen-bond acceptors (Lipinski definition) is 2. The number of para-hydroxylation sites is 2. The van der Waals surface area contributed by atoms with Crippen LogP contribution in [0.5, 0.6) is 23.0 Å². The van der Waals surface area contributed by atoms with E-state index in [9.17, 15) is 0 Å². The summed E-state index contributed by atoms with van der Waals surface area (Å²) in [5.74, 6) is 3.27. The largest absolute Gasteiger partial charge is 0.457 e. The van der Waals surface area contributed by atoms with Crippen LogP contribution in [0.2, 0.25) is 0 Å². The zero-order valence-corrected chi connectivity index (χ0v) is 17.5. The molecular weight excluding hydrogens is 392 g/mol. The van der Waals surface area contributed by atoms with Gasteiger partial charge >= 0.3 is 0 Å². The SMILES string of the molecule is c1ccc(Oc2ccc(-c3ccc(Oc4ccccc4)cc3-c3ccccc3)cc2)cc1. The first-order chi connectivity index (χ1) is 15.8. The summed E-state index contributed by atoms with van der Waals surface area (Å²) in [5.41, 5.74) is 4.53. The van der Waals surface area contributed by atoms with E-state index in [1.807, 2.05) is 84.9 Å². The molecule has 5 aromatic carbocycles. The van der Waals surface area contributed by atoms with Crippen molar-refractivity contribution < 1.29 is 9.47 Å². The van der Waals surface area contributed by atoms with Crippen LogP contribution >= 0.6 is 0 Å². The Kier molecular flexibility index (Phi) is 5.67. The van der Waals surface area contributed by atoms with Crippen molar-refractivity contribution in [2.75, 3.05) is 0 Å². The predicted molar refractivity (Wildman–Crippen MR) is 130 cm³/mol. The number of hydrogen-bond donors (Lipinski definition) is 0. The smallest absolute Gasteiger partial charge is 0.128 e. The average Bonchev–Trinajstić information content (AvgIpc) is 2.86. The van der Waals surface area contributed by atoms with E-state index in [2.05, 4.69) is 48.5 Å². The first-order valence-corrected chi connectivity index (χ1v) is 10.6. The summed E-state index contributed by atoms with van der Waals surface area (Å²) in [7, 11) is 0. The minimum Gasteiger partial charge on any atom is -0.457 e. The van der Waals surface area contributed by atoms with Gasteiger partial charge in [0.15, 0.2) is 0 Å². The molecule has 0 spiro atoms. The molecule has 0 radical (unpaired) electrons. The van der Waals surface area contributed by atoms with Crippen molar-refractivity contribution in [3.8, 4) is 45.3 Å². The molecule has 0 aliphatic carbocycles. The minimum absolute atomic E-state index is 0.808. The third-order valence-corrected chi connectivity index (χ3v) is 5.20. The molecule has 0 aliphatic rings. The molecule has 5 aromatic rings. The first-order valence-electron chi connectivity index (χ1n) is 10.6. The lowest BCUT2D eigenvalue weighted by Crippen LogP contribution is -1.90. The molecule has 154 valence electrons. The van der Waals surface area contributed by atoms with E-state index in [4.69, 9.17) is 9.47 Å². The van der Waals surface area contributed by atoms with Gasteiger partial charge in [0.2, 0.25) is 0 Å². The fraction of sp³-hybridized carbons (Fsp3) is 0. The monoisotopic (exact) mass is 414 g/mol. The molecule has 0 bridgehead atoms. The van der Waals surface area contributed by atoms with Crippen molar-refractivity contribution in [2.24, 2.45) is 0 Å². The number of benzene rings is 5. The van der Waals surface area contributed by atoms with Crippen LogP contribution in [0.3, 0.4) is 0 Å². The lowest BCUT2D eigenvalue weighted by Gasteiger charge is -2.14. The molecule has 0 atom stereocenters. The van der Waals surface area contributed by atoms with Gasteiger partial charge in [0.25, 0.3) is 0 Å². The topological polar surface area (TPSA) is 18.5 Å². The molecule has 0 heterocycles. The molecule has 0 saturated carbocycles. The van der Waals surface area contributed by atoms with Gasteiger partial charge < -0.3 is 9.47 Å². The Morgan fingerprint density at radius 3 is 1.34 bits per heavy atom. The molecule has 5 rings (SSSR count). The van der Waals surface area contributed by atoms with Crippen LogP contribution in [-0.4, -0.2) is 0 Å². The molecule has 0 aromatic heterocycles. The van der Waals surface area contributed by atoms with Gasteiger partial charge in [-0.15, -0.1) is 0 Å². The van der Waals surface area contributed by atoms with E-state index < -0.39 is 0 Å². The zero-order chi connectivity index (χ0) is 21.6. The van der Waals surface area contributed by atoms with Crippen molar-refractivity contribution in [3.05, 3.63) is 133 Å². The second kappa shape index (κ2) is 9.23. The minimum atomic E-state index is 0.808. The van der Waals surface area contributed by atoms with Gasteiger partial charge in [0, 0.05) is 0 Å². The Morgan fingerprint density at radius 1 is 0.312 bits per heavy atom. The molecule has 0 amide bonds. The molecule has 2 nitrogen and oxygen atoms in total. The Balaban J connectivity index is 1.48. The van der Waals surface area contributed by atoms with Gasteiger partial charge in [-0.25, -0.2) is 0 Å². The third-order valence-electron chi connectivity index (χ3n) is 5.20. The third kappa shape index (κ3) is 4.55. The summed E-state index contributed by atoms with van der Waals surface area (Å²) in [5, 5.41) is 0. The van der Waals surface area contributed by atoms with Crippen LogP contribution in [0.4, 0.5) is 0 Å². The van der Waals surface area contributed by atoms with E-state index in [1.165, 1.54) is 0 Å². The maximum atomic E-state index is 6.10. The van der Waals surface area contributed by atoms with Crippen molar-refractivity contribution in [2.45, 2.75) is 0 Å². The lowest BCUT2D eigenvalue weighted by atomic mass is 9.94. The van der Waals surface area contributed by atoms with Crippen molar-refractivity contribution in [1.29, 1.82) is 0 Å². The van der Waals surface area contributed by atoms with Crippen LogP contribution in [0.25, 0.3) is 22.3 Å². The fourth-order valence-corrected chi connectivity index (χ4v) is 3.65. The normalized spacial score (nSPS) is 10.5. The van der Waals surface area contributed by atoms with E-state index in [0.29, 0.717) is 0 Å². The van der Waals surface area contributed by atoms with Gasteiger partial charge in [-0.05, 0) is 70.8 Å². The highest BCUT2D eigenvalue weighted by Gasteiger charge is 2.10.